The highest BCUT2D eigenvalue weighted by Gasteiger charge is 2.12. The summed E-state index contributed by atoms with van der Waals surface area (Å²) in [5.74, 6) is 0. The van der Waals surface area contributed by atoms with Gasteiger partial charge in [0.25, 0.3) is 0 Å². The van der Waals surface area contributed by atoms with Gasteiger partial charge in [0.15, 0.2) is 0 Å². The Bertz CT molecular complexity index is 415. The molecule has 0 heterocycles. The van der Waals surface area contributed by atoms with Crippen LogP contribution < -0.4 is 10.2 Å². The van der Waals surface area contributed by atoms with Gasteiger partial charge >= 0.3 is 0 Å². The molecular formula is C15H25BrN2O2. The van der Waals surface area contributed by atoms with Crippen molar-refractivity contribution < 1.29 is 9.84 Å². The lowest BCUT2D eigenvalue weighted by atomic mass is 10.1. The van der Waals surface area contributed by atoms with Crippen molar-refractivity contribution in [1.82, 2.24) is 5.32 Å². The van der Waals surface area contributed by atoms with Crippen LogP contribution in [0, 0.1) is 0 Å². The second-order valence-corrected chi connectivity index (χ2v) is 5.83. The first-order valence-corrected chi connectivity index (χ1v) is 7.69. The molecule has 0 saturated carbocycles. The van der Waals surface area contributed by atoms with E-state index in [0.717, 1.165) is 16.7 Å². The minimum absolute atomic E-state index is 0.313. The maximum Gasteiger partial charge on any atom is 0.0947 e. The Morgan fingerprint density at radius 1 is 1.45 bits per heavy atom. The predicted octanol–water partition coefficient (Wildman–Crippen LogP) is 2.56. The Morgan fingerprint density at radius 2 is 2.15 bits per heavy atom. The number of aliphatic hydroxyl groups is 1. The summed E-state index contributed by atoms with van der Waals surface area (Å²) in [7, 11) is 3.56. The van der Waals surface area contributed by atoms with Crippen LogP contribution in [0.1, 0.15) is 25.5 Å². The van der Waals surface area contributed by atoms with Gasteiger partial charge in [0, 0.05) is 36.9 Å². The third kappa shape index (κ3) is 5.05. The SMILES string of the molecule is CCNC(C)c1ccc(N(C)CC(O)COC)cc1Br. The molecule has 1 rings (SSSR count). The summed E-state index contributed by atoms with van der Waals surface area (Å²) in [5.41, 5.74) is 2.31. The highest BCUT2D eigenvalue weighted by atomic mass is 79.9. The van der Waals surface area contributed by atoms with Crippen molar-refractivity contribution >= 4 is 21.6 Å². The largest absolute Gasteiger partial charge is 0.389 e. The van der Waals surface area contributed by atoms with Crippen molar-refractivity contribution in [2.45, 2.75) is 26.0 Å². The van der Waals surface area contributed by atoms with Crippen LogP contribution in [-0.4, -0.2) is 45.1 Å². The number of aliphatic hydroxyl groups excluding tert-OH is 1. The molecule has 1 aromatic carbocycles. The summed E-state index contributed by atoms with van der Waals surface area (Å²) < 4.78 is 6.03. The smallest absolute Gasteiger partial charge is 0.0947 e. The van der Waals surface area contributed by atoms with E-state index in [9.17, 15) is 5.11 Å². The number of ether oxygens (including phenoxy) is 1. The number of hydrogen-bond donors (Lipinski definition) is 2. The van der Waals surface area contributed by atoms with E-state index in [1.165, 1.54) is 5.56 Å². The number of anilines is 1. The van der Waals surface area contributed by atoms with Crippen molar-refractivity contribution in [1.29, 1.82) is 0 Å². The molecule has 0 bridgehead atoms. The van der Waals surface area contributed by atoms with Gasteiger partial charge in [0.05, 0.1) is 12.7 Å². The van der Waals surface area contributed by atoms with Crippen molar-refractivity contribution in [3.8, 4) is 0 Å². The van der Waals surface area contributed by atoms with Crippen molar-refractivity contribution in [2.75, 3.05) is 38.8 Å². The molecule has 114 valence electrons. The quantitative estimate of drug-likeness (QED) is 0.760. The maximum absolute atomic E-state index is 9.77. The van der Waals surface area contributed by atoms with Gasteiger partial charge in [-0.2, -0.15) is 0 Å². The zero-order valence-electron chi connectivity index (χ0n) is 12.7. The average Bonchev–Trinajstić information content (AvgIpc) is 2.38. The molecule has 2 unspecified atom stereocenters. The summed E-state index contributed by atoms with van der Waals surface area (Å²) >= 11 is 3.63. The number of likely N-dealkylation sites (N-methyl/N-ethyl adjacent to an activating group) is 1. The van der Waals surface area contributed by atoms with E-state index < -0.39 is 6.10 Å². The van der Waals surface area contributed by atoms with Crippen LogP contribution in [0.25, 0.3) is 0 Å². The molecule has 0 spiro atoms. The molecule has 5 heteroatoms. The number of benzene rings is 1. The number of methoxy groups -OCH3 is 1. The second kappa shape index (κ2) is 8.62. The maximum atomic E-state index is 9.77. The topological polar surface area (TPSA) is 44.7 Å². The first-order valence-electron chi connectivity index (χ1n) is 6.90. The lowest BCUT2D eigenvalue weighted by Gasteiger charge is -2.24. The van der Waals surface area contributed by atoms with E-state index in [2.05, 4.69) is 53.3 Å². The molecule has 1 aromatic rings. The van der Waals surface area contributed by atoms with Crippen LogP contribution in [0.15, 0.2) is 22.7 Å². The Hall–Kier alpha value is -0.620. The number of rotatable bonds is 8. The first-order chi connectivity index (χ1) is 9.49. The van der Waals surface area contributed by atoms with Crippen LogP contribution in [0.5, 0.6) is 0 Å². The molecule has 2 N–H and O–H groups in total. The number of nitrogens with zero attached hydrogens (tertiary/aromatic N) is 1. The standard InChI is InChI=1S/C15H25BrN2O2/c1-5-17-11(2)14-7-6-12(8-15(14)16)18(3)9-13(19)10-20-4/h6-8,11,13,17,19H,5,9-10H2,1-4H3. The highest BCUT2D eigenvalue weighted by molar-refractivity contribution is 9.10. The number of nitrogens with one attached hydrogen (secondary N) is 1. The lowest BCUT2D eigenvalue weighted by molar-refractivity contribution is 0.0695. The molecule has 0 fully saturated rings. The summed E-state index contributed by atoms with van der Waals surface area (Å²) in [4.78, 5) is 2.02. The Balaban J connectivity index is 2.75. The molecular weight excluding hydrogens is 320 g/mol. The van der Waals surface area contributed by atoms with E-state index in [1.54, 1.807) is 7.11 Å². The zero-order chi connectivity index (χ0) is 15.1. The van der Waals surface area contributed by atoms with Crippen molar-refractivity contribution in [3.63, 3.8) is 0 Å². The molecule has 2 atom stereocenters. The fraction of sp³-hybridized carbons (Fsp3) is 0.600. The normalized spacial score (nSPS) is 14.1. The van der Waals surface area contributed by atoms with Gasteiger partial charge in [-0.15, -0.1) is 0 Å². The fourth-order valence-electron chi connectivity index (χ4n) is 2.19. The molecule has 0 aliphatic rings. The van der Waals surface area contributed by atoms with Crippen molar-refractivity contribution in [2.24, 2.45) is 0 Å². The average molecular weight is 345 g/mol. The van der Waals surface area contributed by atoms with Gasteiger partial charge in [0.2, 0.25) is 0 Å². The zero-order valence-corrected chi connectivity index (χ0v) is 14.3. The summed E-state index contributed by atoms with van der Waals surface area (Å²) in [5, 5.41) is 13.2. The number of hydrogen-bond acceptors (Lipinski definition) is 4. The van der Waals surface area contributed by atoms with Gasteiger partial charge in [-0.3, -0.25) is 0 Å². The molecule has 20 heavy (non-hydrogen) atoms. The third-order valence-electron chi connectivity index (χ3n) is 3.25. The Labute approximate surface area is 130 Å². The molecule has 0 aliphatic heterocycles. The Morgan fingerprint density at radius 3 is 2.70 bits per heavy atom. The molecule has 4 nitrogen and oxygen atoms in total. The molecule has 0 aromatic heterocycles. The predicted molar refractivity (Wildman–Crippen MR) is 87.4 cm³/mol. The lowest BCUT2D eigenvalue weighted by Crippen LogP contribution is -2.31. The minimum atomic E-state index is -0.482. The molecule has 0 radical (unpaired) electrons. The molecule has 0 amide bonds. The van der Waals surface area contributed by atoms with E-state index in [0.29, 0.717) is 19.2 Å². The highest BCUT2D eigenvalue weighted by Crippen LogP contribution is 2.28. The van der Waals surface area contributed by atoms with Crippen LogP contribution in [0.2, 0.25) is 0 Å². The van der Waals surface area contributed by atoms with E-state index in [-0.39, 0.29) is 0 Å². The molecule has 0 saturated heterocycles. The minimum Gasteiger partial charge on any atom is -0.389 e. The van der Waals surface area contributed by atoms with Crippen LogP contribution >= 0.6 is 15.9 Å². The first kappa shape index (κ1) is 17.4. The van der Waals surface area contributed by atoms with Crippen LogP contribution in [0.3, 0.4) is 0 Å². The van der Waals surface area contributed by atoms with Gasteiger partial charge in [-0.1, -0.05) is 28.9 Å². The third-order valence-corrected chi connectivity index (χ3v) is 3.93. The van der Waals surface area contributed by atoms with Gasteiger partial charge in [-0.25, -0.2) is 0 Å². The van der Waals surface area contributed by atoms with Crippen LogP contribution in [0.4, 0.5) is 5.69 Å². The monoisotopic (exact) mass is 344 g/mol. The van der Waals surface area contributed by atoms with Gasteiger partial charge < -0.3 is 20.1 Å². The summed E-state index contributed by atoms with van der Waals surface area (Å²) in [6.45, 7) is 6.08. The van der Waals surface area contributed by atoms with Crippen LogP contribution in [-0.2, 0) is 4.74 Å². The van der Waals surface area contributed by atoms with Gasteiger partial charge in [-0.05, 0) is 31.2 Å². The Kier molecular flexibility index (Phi) is 7.51. The number of halogens is 1. The second-order valence-electron chi connectivity index (χ2n) is 4.97. The van der Waals surface area contributed by atoms with E-state index in [4.69, 9.17) is 4.74 Å². The van der Waals surface area contributed by atoms with E-state index in [1.807, 2.05) is 11.9 Å². The summed E-state index contributed by atoms with van der Waals surface area (Å²) in [6, 6.07) is 6.59. The molecule has 0 aliphatic carbocycles. The summed E-state index contributed by atoms with van der Waals surface area (Å²) in [6.07, 6.45) is -0.482. The van der Waals surface area contributed by atoms with E-state index >= 15 is 0 Å². The van der Waals surface area contributed by atoms with Gasteiger partial charge in [0.1, 0.15) is 0 Å². The van der Waals surface area contributed by atoms with Crippen molar-refractivity contribution in [3.05, 3.63) is 28.2 Å². The fourth-order valence-corrected chi connectivity index (χ4v) is 2.90.